The molecule has 7 heavy (non-hydrogen) atoms. The molecule has 0 rings (SSSR count). The minimum atomic E-state index is -0.139. The van der Waals surface area contributed by atoms with Crippen LogP contribution in [0.4, 0.5) is 0 Å². The standard InChI is InChI=1S/C3H8N2S.ClH/c1-2(4)3(5)6;/h2H,4H2,1H3,(H2,5,6);1H. The lowest BCUT2D eigenvalue weighted by molar-refractivity contribution is 0.980. The number of hydrogen-bond donors (Lipinski definition) is 2. The Morgan fingerprint density at radius 1 is 1.71 bits per heavy atom. The molecule has 0 aliphatic rings. The van der Waals surface area contributed by atoms with Crippen LogP contribution in [-0.4, -0.2) is 11.0 Å². The van der Waals surface area contributed by atoms with E-state index >= 15 is 0 Å². The van der Waals surface area contributed by atoms with Crippen LogP contribution >= 0.6 is 24.6 Å². The van der Waals surface area contributed by atoms with Gasteiger partial charge in [0.15, 0.2) is 0 Å². The average Bonchev–Trinajstić information content (AvgIpc) is 1.36. The minimum Gasteiger partial charge on any atom is -0.392 e. The number of halogens is 1. The van der Waals surface area contributed by atoms with Crippen molar-refractivity contribution < 1.29 is 0 Å². The molecule has 0 saturated heterocycles. The normalized spacial score (nSPS) is 11.7. The van der Waals surface area contributed by atoms with E-state index in [9.17, 15) is 0 Å². The van der Waals surface area contributed by atoms with Gasteiger partial charge in [0.1, 0.15) is 0 Å². The summed E-state index contributed by atoms with van der Waals surface area (Å²) in [4.78, 5) is 0.370. The summed E-state index contributed by atoms with van der Waals surface area (Å²) in [5.41, 5.74) is 10.2. The van der Waals surface area contributed by atoms with Crippen LogP contribution in [0.3, 0.4) is 0 Å². The number of nitrogens with two attached hydrogens (primary N) is 2. The first-order valence-corrected chi connectivity index (χ1v) is 2.10. The van der Waals surface area contributed by atoms with E-state index in [1.165, 1.54) is 0 Å². The Morgan fingerprint density at radius 2 is 1.86 bits per heavy atom. The van der Waals surface area contributed by atoms with Crippen molar-refractivity contribution in [3.05, 3.63) is 0 Å². The van der Waals surface area contributed by atoms with Crippen molar-refractivity contribution in [1.82, 2.24) is 0 Å². The van der Waals surface area contributed by atoms with Crippen LogP contribution in [-0.2, 0) is 0 Å². The summed E-state index contributed by atoms with van der Waals surface area (Å²) < 4.78 is 0. The molecular formula is C3H9ClN2S. The molecule has 0 aromatic rings. The topological polar surface area (TPSA) is 52.0 Å². The van der Waals surface area contributed by atoms with E-state index in [1.807, 2.05) is 0 Å². The van der Waals surface area contributed by atoms with E-state index in [0.717, 1.165) is 0 Å². The van der Waals surface area contributed by atoms with Crippen molar-refractivity contribution in [3.8, 4) is 0 Å². The predicted octanol–water partition coefficient (Wildman–Crippen LogP) is 0.0415. The summed E-state index contributed by atoms with van der Waals surface area (Å²) in [7, 11) is 0. The molecule has 0 saturated carbocycles. The Labute approximate surface area is 54.7 Å². The largest absolute Gasteiger partial charge is 0.392 e. The van der Waals surface area contributed by atoms with E-state index < -0.39 is 0 Å². The van der Waals surface area contributed by atoms with Crippen LogP contribution in [0.25, 0.3) is 0 Å². The van der Waals surface area contributed by atoms with Crippen molar-refractivity contribution in [1.29, 1.82) is 0 Å². The van der Waals surface area contributed by atoms with Crippen molar-refractivity contribution in [2.45, 2.75) is 13.0 Å². The molecule has 44 valence electrons. The highest BCUT2D eigenvalue weighted by Gasteiger charge is 1.91. The quantitative estimate of drug-likeness (QED) is 0.506. The molecule has 0 aliphatic carbocycles. The Morgan fingerprint density at radius 3 is 1.86 bits per heavy atom. The third-order valence-corrected chi connectivity index (χ3v) is 0.821. The summed E-state index contributed by atoms with van der Waals surface area (Å²) in [5.74, 6) is 0. The van der Waals surface area contributed by atoms with Gasteiger partial charge in [0.05, 0.1) is 11.0 Å². The summed E-state index contributed by atoms with van der Waals surface area (Å²) in [6.07, 6.45) is 0. The Hall–Kier alpha value is 0.140. The fraction of sp³-hybridized carbons (Fsp3) is 0.667. The number of thiocarbonyl (C=S) groups is 1. The molecule has 1 unspecified atom stereocenters. The lowest BCUT2D eigenvalue weighted by Crippen LogP contribution is -2.31. The molecule has 0 aliphatic heterocycles. The monoisotopic (exact) mass is 140 g/mol. The van der Waals surface area contributed by atoms with Crippen molar-refractivity contribution in [2.75, 3.05) is 0 Å². The number of rotatable bonds is 1. The van der Waals surface area contributed by atoms with Gasteiger partial charge in [-0.1, -0.05) is 12.2 Å². The van der Waals surface area contributed by atoms with Gasteiger partial charge in [-0.05, 0) is 6.92 Å². The van der Waals surface area contributed by atoms with Gasteiger partial charge in [-0.15, -0.1) is 12.4 Å². The lowest BCUT2D eigenvalue weighted by atomic mass is 10.4. The van der Waals surface area contributed by atoms with Crippen LogP contribution in [0.1, 0.15) is 6.92 Å². The molecular weight excluding hydrogens is 132 g/mol. The second-order valence-electron chi connectivity index (χ2n) is 1.19. The van der Waals surface area contributed by atoms with Gasteiger partial charge in [0.2, 0.25) is 0 Å². The zero-order valence-electron chi connectivity index (χ0n) is 4.05. The van der Waals surface area contributed by atoms with E-state index in [-0.39, 0.29) is 18.4 Å². The van der Waals surface area contributed by atoms with Crippen LogP contribution in [0, 0.1) is 0 Å². The van der Waals surface area contributed by atoms with E-state index in [4.69, 9.17) is 11.5 Å². The second kappa shape index (κ2) is 4.30. The third kappa shape index (κ3) is 6.14. The van der Waals surface area contributed by atoms with Crippen LogP contribution < -0.4 is 11.5 Å². The average molecular weight is 141 g/mol. The molecule has 2 nitrogen and oxygen atoms in total. The second-order valence-corrected chi connectivity index (χ2v) is 1.66. The summed E-state index contributed by atoms with van der Waals surface area (Å²) in [5, 5.41) is 0. The Bertz CT molecular complexity index is 64.0. The molecule has 0 aromatic carbocycles. The molecule has 4 heteroatoms. The summed E-state index contributed by atoms with van der Waals surface area (Å²) in [6.45, 7) is 1.75. The number of hydrogen-bond acceptors (Lipinski definition) is 2. The minimum absolute atomic E-state index is 0. The van der Waals surface area contributed by atoms with Gasteiger partial charge in [-0.2, -0.15) is 0 Å². The maximum Gasteiger partial charge on any atom is 0.0894 e. The van der Waals surface area contributed by atoms with E-state index in [0.29, 0.717) is 4.99 Å². The molecule has 4 N–H and O–H groups in total. The maximum absolute atomic E-state index is 5.17. The fourth-order valence-corrected chi connectivity index (χ4v) is 0. The van der Waals surface area contributed by atoms with Gasteiger partial charge in [-0.25, -0.2) is 0 Å². The van der Waals surface area contributed by atoms with Crippen molar-refractivity contribution in [3.63, 3.8) is 0 Å². The molecule has 0 spiro atoms. The fourth-order valence-electron chi connectivity index (χ4n) is 0. The van der Waals surface area contributed by atoms with Crippen LogP contribution in [0.5, 0.6) is 0 Å². The van der Waals surface area contributed by atoms with Crippen molar-refractivity contribution >= 4 is 29.6 Å². The first-order valence-electron chi connectivity index (χ1n) is 1.69. The van der Waals surface area contributed by atoms with E-state index in [2.05, 4.69) is 12.2 Å². The predicted molar refractivity (Wildman–Crippen MR) is 37.7 cm³/mol. The highest BCUT2D eigenvalue weighted by molar-refractivity contribution is 7.80. The third-order valence-electron chi connectivity index (χ3n) is 0.449. The van der Waals surface area contributed by atoms with Gasteiger partial charge in [-0.3, -0.25) is 0 Å². The SMILES string of the molecule is CC(N)C(N)=S.Cl. The van der Waals surface area contributed by atoms with Crippen molar-refractivity contribution in [2.24, 2.45) is 11.5 Å². The molecule has 0 fully saturated rings. The smallest absolute Gasteiger partial charge is 0.0894 e. The van der Waals surface area contributed by atoms with Gasteiger partial charge in [0, 0.05) is 0 Å². The molecule has 0 bridgehead atoms. The zero-order chi connectivity index (χ0) is 5.15. The van der Waals surface area contributed by atoms with Gasteiger partial charge >= 0.3 is 0 Å². The highest BCUT2D eigenvalue weighted by Crippen LogP contribution is 1.70. The molecule has 0 amide bonds. The molecule has 0 heterocycles. The summed E-state index contributed by atoms with van der Waals surface area (Å²) >= 11 is 4.47. The van der Waals surface area contributed by atoms with Crippen LogP contribution in [0.15, 0.2) is 0 Å². The Kier molecular flexibility index (Phi) is 6.26. The molecule has 0 aromatic heterocycles. The van der Waals surface area contributed by atoms with Gasteiger partial charge < -0.3 is 11.5 Å². The van der Waals surface area contributed by atoms with Crippen LogP contribution in [0.2, 0.25) is 0 Å². The van der Waals surface area contributed by atoms with Gasteiger partial charge in [0.25, 0.3) is 0 Å². The maximum atomic E-state index is 5.17. The Balaban J connectivity index is 0. The lowest BCUT2D eigenvalue weighted by Gasteiger charge is -1.96. The summed E-state index contributed by atoms with van der Waals surface area (Å²) in [6, 6.07) is -0.139. The first-order chi connectivity index (χ1) is 2.64. The first kappa shape index (κ1) is 10.2. The highest BCUT2D eigenvalue weighted by atomic mass is 35.5. The zero-order valence-corrected chi connectivity index (χ0v) is 5.68. The molecule has 0 radical (unpaired) electrons. The van der Waals surface area contributed by atoms with E-state index in [1.54, 1.807) is 6.92 Å². The molecule has 1 atom stereocenters.